The topological polar surface area (TPSA) is 56.0 Å². The van der Waals surface area contributed by atoms with Crippen molar-refractivity contribution in [1.29, 1.82) is 0 Å². The van der Waals surface area contributed by atoms with Crippen LogP contribution in [0, 0.1) is 0 Å². The fourth-order valence-corrected chi connectivity index (χ4v) is 2.79. The number of aromatic nitrogens is 1. The largest absolute Gasteiger partial charge is 0.366 e. The van der Waals surface area contributed by atoms with Crippen LogP contribution in [-0.4, -0.2) is 10.9 Å². The molecule has 0 radical (unpaired) electrons. The van der Waals surface area contributed by atoms with Crippen LogP contribution in [0.4, 0.5) is 0 Å². The molecule has 0 saturated carbocycles. The average Bonchev–Trinajstić information content (AvgIpc) is 2.98. The van der Waals surface area contributed by atoms with E-state index in [2.05, 4.69) is 4.98 Å². The predicted molar refractivity (Wildman–Crippen MR) is 81.5 cm³/mol. The van der Waals surface area contributed by atoms with E-state index in [1.165, 1.54) is 0 Å². The quantitative estimate of drug-likeness (QED) is 0.797. The minimum Gasteiger partial charge on any atom is -0.366 e. The molecular formula is C16H12N2OS. The van der Waals surface area contributed by atoms with Gasteiger partial charge in [0.1, 0.15) is 5.01 Å². The molecule has 3 rings (SSSR count). The number of nitrogens with two attached hydrogens (primary N) is 1. The van der Waals surface area contributed by atoms with E-state index in [0.29, 0.717) is 5.56 Å². The number of hydrogen-bond acceptors (Lipinski definition) is 3. The Morgan fingerprint density at radius 2 is 1.75 bits per heavy atom. The summed E-state index contributed by atoms with van der Waals surface area (Å²) in [5, 5.41) is 2.95. The Kier molecular flexibility index (Phi) is 3.31. The second kappa shape index (κ2) is 5.27. The lowest BCUT2D eigenvalue weighted by Gasteiger charge is -1.99. The number of rotatable bonds is 3. The highest BCUT2D eigenvalue weighted by molar-refractivity contribution is 7.13. The van der Waals surface area contributed by atoms with Gasteiger partial charge in [-0.05, 0) is 12.1 Å². The van der Waals surface area contributed by atoms with Crippen LogP contribution in [-0.2, 0) is 0 Å². The van der Waals surface area contributed by atoms with Crippen molar-refractivity contribution in [3.8, 4) is 21.8 Å². The van der Waals surface area contributed by atoms with Gasteiger partial charge in [0.2, 0.25) is 5.91 Å². The molecule has 3 aromatic rings. The third-order valence-electron chi connectivity index (χ3n) is 2.97. The monoisotopic (exact) mass is 280 g/mol. The van der Waals surface area contributed by atoms with Gasteiger partial charge in [0.25, 0.3) is 0 Å². The summed E-state index contributed by atoms with van der Waals surface area (Å²) < 4.78 is 0. The van der Waals surface area contributed by atoms with Crippen molar-refractivity contribution in [3.05, 3.63) is 65.5 Å². The van der Waals surface area contributed by atoms with Gasteiger partial charge < -0.3 is 5.73 Å². The maximum atomic E-state index is 11.2. The molecule has 0 saturated heterocycles. The van der Waals surface area contributed by atoms with Crippen molar-refractivity contribution in [2.75, 3.05) is 0 Å². The van der Waals surface area contributed by atoms with E-state index in [1.807, 2.05) is 47.8 Å². The molecule has 2 N–H and O–H groups in total. The van der Waals surface area contributed by atoms with Gasteiger partial charge in [-0.2, -0.15) is 0 Å². The number of carbonyl (C=O) groups is 1. The second-order valence-electron chi connectivity index (χ2n) is 4.35. The number of primary amides is 1. The molecule has 0 fully saturated rings. The Morgan fingerprint density at radius 1 is 1.00 bits per heavy atom. The Hall–Kier alpha value is -2.46. The predicted octanol–water partition coefficient (Wildman–Crippen LogP) is 3.58. The van der Waals surface area contributed by atoms with Gasteiger partial charge in [-0.15, -0.1) is 11.3 Å². The number of carbonyl (C=O) groups excluding carboxylic acids is 1. The molecule has 0 bridgehead atoms. The molecule has 2 aromatic carbocycles. The average molecular weight is 280 g/mol. The summed E-state index contributed by atoms with van der Waals surface area (Å²) in [5.41, 5.74) is 8.65. The molecule has 0 spiro atoms. The molecule has 98 valence electrons. The Balaban J connectivity index is 1.98. The van der Waals surface area contributed by atoms with Crippen molar-refractivity contribution in [2.45, 2.75) is 0 Å². The summed E-state index contributed by atoms with van der Waals surface area (Å²) in [6.45, 7) is 0. The van der Waals surface area contributed by atoms with Crippen LogP contribution in [0.25, 0.3) is 21.8 Å². The first-order valence-corrected chi connectivity index (χ1v) is 7.03. The van der Waals surface area contributed by atoms with E-state index in [1.54, 1.807) is 23.5 Å². The van der Waals surface area contributed by atoms with Crippen LogP contribution < -0.4 is 5.73 Å². The first-order valence-electron chi connectivity index (χ1n) is 6.15. The third-order valence-corrected chi connectivity index (χ3v) is 3.86. The van der Waals surface area contributed by atoms with Crippen LogP contribution in [0.1, 0.15) is 10.4 Å². The van der Waals surface area contributed by atoms with E-state index >= 15 is 0 Å². The number of nitrogens with zero attached hydrogens (tertiary/aromatic N) is 1. The fraction of sp³-hybridized carbons (Fsp3) is 0. The maximum absolute atomic E-state index is 11.2. The Labute approximate surface area is 120 Å². The van der Waals surface area contributed by atoms with E-state index in [0.717, 1.165) is 21.8 Å². The molecule has 0 aliphatic rings. The summed E-state index contributed by atoms with van der Waals surface area (Å²) in [6.07, 6.45) is 0. The van der Waals surface area contributed by atoms with Crippen LogP contribution in [0.15, 0.2) is 60.0 Å². The highest BCUT2D eigenvalue weighted by Gasteiger charge is 2.08. The van der Waals surface area contributed by atoms with Crippen LogP contribution in [0.5, 0.6) is 0 Å². The van der Waals surface area contributed by atoms with Crippen molar-refractivity contribution < 1.29 is 4.79 Å². The molecular weight excluding hydrogens is 268 g/mol. The zero-order chi connectivity index (χ0) is 13.9. The molecule has 4 heteroatoms. The van der Waals surface area contributed by atoms with Crippen LogP contribution in [0.2, 0.25) is 0 Å². The summed E-state index contributed by atoms with van der Waals surface area (Å²) in [4.78, 5) is 15.8. The molecule has 1 heterocycles. The number of benzene rings is 2. The number of thiazole rings is 1. The molecule has 0 aliphatic heterocycles. The Bertz CT molecular complexity index is 750. The van der Waals surface area contributed by atoms with Gasteiger partial charge in [0.05, 0.1) is 5.69 Å². The maximum Gasteiger partial charge on any atom is 0.248 e. The lowest BCUT2D eigenvalue weighted by atomic mass is 10.1. The zero-order valence-corrected chi connectivity index (χ0v) is 11.4. The first-order chi connectivity index (χ1) is 9.74. The minimum atomic E-state index is -0.426. The SMILES string of the molecule is NC(=O)c1cccc(-c2csc(-c3ccccc3)n2)c1. The van der Waals surface area contributed by atoms with E-state index < -0.39 is 5.91 Å². The van der Waals surface area contributed by atoms with Gasteiger partial charge in [0.15, 0.2) is 0 Å². The van der Waals surface area contributed by atoms with Crippen molar-refractivity contribution in [3.63, 3.8) is 0 Å². The molecule has 0 unspecified atom stereocenters. The Morgan fingerprint density at radius 3 is 2.50 bits per heavy atom. The summed E-state index contributed by atoms with van der Waals surface area (Å²) in [5.74, 6) is -0.426. The molecule has 1 amide bonds. The van der Waals surface area contributed by atoms with Crippen molar-refractivity contribution >= 4 is 17.2 Å². The fourth-order valence-electron chi connectivity index (χ4n) is 1.95. The smallest absolute Gasteiger partial charge is 0.248 e. The van der Waals surface area contributed by atoms with Crippen LogP contribution in [0.3, 0.4) is 0 Å². The van der Waals surface area contributed by atoms with Crippen LogP contribution >= 0.6 is 11.3 Å². The van der Waals surface area contributed by atoms with E-state index in [-0.39, 0.29) is 0 Å². The minimum absolute atomic E-state index is 0.426. The summed E-state index contributed by atoms with van der Waals surface area (Å²) >= 11 is 1.58. The summed E-state index contributed by atoms with van der Waals surface area (Å²) in [6, 6.07) is 17.2. The first kappa shape index (κ1) is 12.6. The molecule has 3 nitrogen and oxygen atoms in total. The lowest BCUT2D eigenvalue weighted by Crippen LogP contribution is -2.10. The molecule has 1 aromatic heterocycles. The van der Waals surface area contributed by atoms with Gasteiger partial charge in [-0.1, -0.05) is 42.5 Å². The molecule has 0 aliphatic carbocycles. The molecule has 0 atom stereocenters. The second-order valence-corrected chi connectivity index (χ2v) is 5.21. The third kappa shape index (κ3) is 2.46. The van der Waals surface area contributed by atoms with Gasteiger partial charge in [-0.25, -0.2) is 4.98 Å². The standard InChI is InChI=1S/C16H12N2OS/c17-15(19)13-8-4-7-12(9-13)14-10-20-16(18-14)11-5-2-1-3-6-11/h1-10H,(H2,17,19). The van der Waals surface area contributed by atoms with E-state index in [4.69, 9.17) is 5.73 Å². The zero-order valence-electron chi connectivity index (χ0n) is 10.6. The lowest BCUT2D eigenvalue weighted by molar-refractivity contribution is 0.100. The highest BCUT2D eigenvalue weighted by atomic mass is 32.1. The van der Waals surface area contributed by atoms with E-state index in [9.17, 15) is 4.79 Å². The number of amides is 1. The van der Waals surface area contributed by atoms with Gasteiger partial charge >= 0.3 is 0 Å². The number of hydrogen-bond donors (Lipinski definition) is 1. The van der Waals surface area contributed by atoms with Gasteiger partial charge in [0, 0.05) is 22.1 Å². The highest BCUT2D eigenvalue weighted by Crippen LogP contribution is 2.28. The summed E-state index contributed by atoms with van der Waals surface area (Å²) in [7, 11) is 0. The molecule has 20 heavy (non-hydrogen) atoms. The normalized spacial score (nSPS) is 10.4. The van der Waals surface area contributed by atoms with Crippen molar-refractivity contribution in [1.82, 2.24) is 4.98 Å². The van der Waals surface area contributed by atoms with Gasteiger partial charge in [-0.3, -0.25) is 4.79 Å². The van der Waals surface area contributed by atoms with Crippen molar-refractivity contribution in [2.24, 2.45) is 5.73 Å².